The summed E-state index contributed by atoms with van der Waals surface area (Å²) in [6.07, 6.45) is 0. The predicted octanol–water partition coefficient (Wildman–Crippen LogP) is 1.61. The summed E-state index contributed by atoms with van der Waals surface area (Å²) < 4.78 is 10.2. The maximum atomic E-state index is 12.4. The molecule has 6 nitrogen and oxygen atoms in total. The molecular formula is C16H20N2O4. The van der Waals surface area contributed by atoms with Crippen LogP contribution >= 0.6 is 0 Å². The Morgan fingerprint density at radius 3 is 2.36 bits per heavy atom. The normalized spacial score (nSPS) is 20.8. The number of carbonyl (C=O) groups excluding carboxylic acids is 2. The van der Waals surface area contributed by atoms with E-state index in [1.54, 1.807) is 20.8 Å². The van der Waals surface area contributed by atoms with Crippen LogP contribution in [-0.2, 0) is 19.1 Å². The zero-order valence-corrected chi connectivity index (χ0v) is 13.1. The standard InChI is InChI=1S/C16H20N2O4/c1-16(2,3)22-15(20)13-11(10-8-6-5-7-9-10)12(17-18-13)14(19)21-4/h5-9,11,13,18H,1-4H3/t11-,13+/m1/s1. The van der Waals surface area contributed by atoms with Gasteiger partial charge in [-0.25, -0.2) is 9.59 Å². The fraction of sp³-hybridized carbons (Fsp3) is 0.438. The minimum Gasteiger partial charge on any atom is -0.464 e. The third kappa shape index (κ3) is 3.44. The monoisotopic (exact) mass is 304 g/mol. The predicted molar refractivity (Wildman–Crippen MR) is 81.4 cm³/mol. The van der Waals surface area contributed by atoms with Crippen LogP contribution in [0.25, 0.3) is 0 Å². The van der Waals surface area contributed by atoms with Crippen molar-refractivity contribution in [1.82, 2.24) is 5.43 Å². The molecule has 0 spiro atoms. The summed E-state index contributed by atoms with van der Waals surface area (Å²) in [5.41, 5.74) is 3.06. The molecule has 0 aliphatic carbocycles. The molecule has 0 aromatic heterocycles. The van der Waals surface area contributed by atoms with Gasteiger partial charge in [-0.3, -0.25) is 5.43 Å². The Morgan fingerprint density at radius 2 is 1.82 bits per heavy atom. The number of methoxy groups -OCH3 is 1. The Hall–Kier alpha value is -2.37. The Bertz CT molecular complexity index is 590. The van der Waals surface area contributed by atoms with E-state index in [2.05, 4.69) is 10.5 Å². The van der Waals surface area contributed by atoms with Crippen molar-refractivity contribution < 1.29 is 19.1 Å². The molecule has 0 unspecified atom stereocenters. The van der Waals surface area contributed by atoms with Gasteiger partial charge in [0.15, 0.2) is 11.8 Å². The molecule has 1 aromatic rings. The zero-order chi connectivity index (χ0) is 16.3. The van der Waals surface area contributed by atoms with Crippen LogP contribution in [0.1, 0.15) is 32.3 Å². The SMILES string of the molecule is COC(=O)C1=NN[C@H](C(=O)OC(C)(C)C)[C@@H]1c1ccccc1. The number of ether oxygens (including phenoxy) is 2. The number of benzene rings is 1. The second kappa shape index (κ2) is 6.17. The van der Waals surface area contributed by atoms with Gasteiger partial charge in [0.2, 0.25) is 0 Å². The third-order valence-electron chi connectivity index (χ3n) is 3.17. The second-order valence-electron chi connectivity index (χ2n) is 6.02. The fourth-order valence-electron chi connectivity index (χ4n) is 2.28. The fourth-order valence-corrected chi connectivity index (χ4v) is 2.28. The average molecular weight is 304 g/mol. The van der Waals surface area contributed by atoms with Gasteiger partial charge in [-0.2, -0.15) is 5.10 Å². The largest absolute Gasteiger partial charge is 0.464 e. The van der Waals surface area contributed by atoms with Gasteiger partial charge in [0.1, 0.15) is 5.60 Å². The Morgan fingerprint density at radius 1 is 1.18 bits per heavy atom. The molecular weight excluding hydrogens is 284 g/mol. The van der Waals surface area contributed by atoms with E-state index in [9.17, 15) is 9.59 Å². The van der Waals surface area contributed by atoms with Gasteiger partial charge in [-0.1, -0.05) is 30.3 Å². The van der Waals surface area contributed by atoms with E-state index in [1.165, 1.54) is 7.11 Å². The van der Waals surface area contributed by atoms with Crippen molar-refractivity contribution in [3.8, 4) is 0 Å². The maximum Gasteiger partial charge on any atom is 0.354 e. The maximum absolute atomic E-state index is 12.4. The summed E-state index contributed by atoms with van der Waals surface area (Å²) in [6.45, 7) is 5.37. The minimum atomic E-state index is -0.754. The minimum absolute atomic E-state index is 0.171. The van der Waals surface area contributed by atoms with Gasteiger partial charge in [-0.15, -0.1) is 0 Å². The first-order valence-electron chi connectivity index (χ1n) is 7.02. The smallest absolute Gasteiger partial charge is 0.354 e. The molecule has 1 heterocycles. The van der Waals surface area contributed by atoms with Crippen LogP contribution < -0.4 is 5.43 Å². The van der Waals surface area contributed by atoms with Gasteiger partial charge in [0.05, 0.1) is 13.0 Å². The lowest BCUT2D eigenvalue weighted by atomic mass is 9.88. The molecule has 0 radical (unpaired) electrons. The molecule has 0 amide bonds. The van der Waals surface area contributed by atoms with Gasteiger partial charge in [-0.05, 0) is 26.3 Å². The van der Waals surface area contributed by atoms with E-state index in [4.69, 9.17) is 9.47 Å². The molecule has 6 heteroatoms. The van der Waals surface area contributed by atoms with Crippen LogP contribution in [0, 0.1) is 0 Å². The molecule has 0 fully saturated rings. The Balaban J connectivity index is 2.32. The highest BCUT2D eigenvalue weighted by Gasteiger charge is 2.43. The van der Waals surface area contributed by atoms with Crippen molar-refractivity contribution in [2.24, 2.45) is 5.10 Å². The van der Waals surface area contributed by atoms with Crippen LogP contribution in [0.3, 0.4) is 0 Å². The number of rotatable bonds is 3. The van der Waals surface area contributed by atoms with Crippen LogP contribution in [0.2, 0.25) is 0 Å². The van der Waals surface area contributed by atoms with Gasteiger partial charge >= 0.3 is 11.9 Å². The van der Waals surface area contributed by atoms with E-state index >= 15 is 0 Å². The van der Waals surface area contributed by atoms with Crippen LogP contribution in [-0.4, -0.2) is 36.4 Å². The van der Waals surface area contributed by atoms with Crippen molar-refractivity contribution in [3.05, 3.63) is 35.9 Å². The lowest BCUT2D eigenvalue weighted by molar-refractivity contribution is -0.157. The lowest BCUT2D eigenvalue weighted by Crippen LogP contribution is -2.41. The second-order valence-corrected chi connectivity index (χ2v) is 6.02. The highest BCUT2D eigenvalue weighted by molar-refractivity contribution is 6.39. The van der Waals surface area contributed by atoms with E-state index in [0.29, 0.717) is 0 Å². The molecule has 2 rings (SSSR count). The summed E-state index contributed by atoms with van der Waals surface area (Å²) in [5.74, 6) is -1.56. The number of nitrogens with zero attached hydrogens (tertiary/aromatic N) is 1. The molecule has 0 bridgehead atoms. The average Bonchev–Trinajstić information content (AvgIpc) is 2.90. The summed E-state index contributed by atoms with van der Waals surface area (Å²) in [5, 5.41) is 3.99. The van der Waals surface area contributed by atoms with Crippen LogP contribution in [0.4, 0.5) is 0 Å². The first-order valence-corrected chi connectivity index (χ1v) is 7.02. The summed E-state index contributed by atoms with van der Waals surface area (Å²) in [6, 6.07) is 8.48. The number of esters is 2. The Labute approximate surface area is 129 Å². The highest BCUT2D eigenvalue weighted by Crippen LogP contribution is 2.28. The van der Waals surface area contributed by atoms with Crippen molar-refractivity contribution in [2.75, 3.05) is 7.11 Å². The molecule has 1 aliphatic heterocycles. The van der Waals surface area contributed by atoms with Crippen molar-refractivity contribution in [1.29, 1.82) is 0 Å². The van der Waals surface area contributed by atoms with Crippen molar-refractivity contribution in [3.63, 3.8) is 0 Å². The first kappa shape index (κ1) is 16.0. The molecule has 0 saturated heterocycles. The van der Waals surface area contributed by atoms with Gasteiger partial charge in [0, 0.05) is 0 Å². The Kier molecular flexibility index (Phi) is 4.49. The molecule has 2 atom stereocenters. The highest BCUT2D eigenvalue weighted by atomic mass is 16.6. The van der Waals surface area contributed by atoms with Crippen LogP contribution in [0.15, 0.2) is 35.4 Å². The van der Waals surface area contributed by atoms with Gasteiger partial charge in [0.25, 0.3) is 0 Å². The number of hydrogen-bond donors (Lipinski definition) is 1. The molecule has 1 aromatic carbocycles. The summed E-state index contributed by atoms with van der Waals surface area (Å²) in [4.78, 5) is 24.3. The van der Waals surface area contributed by atoms with E-state index in [0.717, 1.165) is 5.56 Å². The van der Waals surface area contributed by atoms with E-state index < -0.39 is 29.5 Å². The summed E-state index contributed by atoms with van der Waals surface area (Å²) in [7, 11) is 1.29. The van der Waals surface area contributed by atoms with E-state index in [1.807, 2.05) is 30.3 Å². The number of hydrazone groups is 1. The topological polar surface area (TPSA) is 77.0 Å². The lowest BCUT2D eigenvalue weighted by Gasteiger charge is -2.25. The molecule has 1 aliphatic rings. The van der Waals surface area contributed by atoms with E-state index in [-0.39, 0.29) is 5.71 Å². The quantitative estimate of drug-likeness (QED) is 0.859. The number of nitrogens with one attached hydrogen (secondary N) is 1. The molecule has 118 valence electrons. The number of carbonyl (C=O) groups is 2. The number of hydrogen-bond acceptors (Lipinski definition) is 6. The molecule has 22 heavy (non-hydrogen) atoms. The molecule has 1 N–H and O–H groups in total. The van der Waals surface area contributed by atoms with Crippen molar-refractivity contribution >= 4 is 17.7 Å². The van der Waals surface area contributed by atoms with Crippen LogP contribution in [0.5, 0.6) is 0 Å². The third-order valence-corrected chi connectivity index (χ3v) is 3.17. The summed E-state index contributed by atoms with van der Waals surface area (Å²) >= 11 is 0. The first-order chi connectivity index (χ1) is 10.3. The zero-order valence-electron chi connectivity index (χ0n) is 13.1. The molecule has 0 saturated carbocycles. The van der Waals surface area contributed by atoms with Gasteiger partial charge < -0.3 is 9.47 Å². The van der Waals surface area contributed by atoms with Crippen molar-refractivity contribution in [2.45, 2.75) is 38.3 Å².